The minimum absolute atomic E-state index is 0.482. The van der Waals surface area contributed by atoms with Crippen LogP contribution in [0.5, 0.6) is 0 Å². The lowest BCUT2D eigenvalue weighted by Gasteiger charge is -2.22. The third kappa shape index (κ3) is 7.73. The van der Waals surface area contributed by atoms with Crippen LogP contribution >= 0.6 is 11.6 Å². The van der Waals surface area contributed by atoms with E-state index < -0.39 is 29.7 Å². The van der Waals surface area contributed by atoms with Crippen molar-refractivity contribution in [1.29, 1.82) is 0 Å². The van der Waals surface area contributed by atoms with Crippen LogP contribution in [0, 0.1) is 0 Å². The van der Waals surface area contributed by atoms with Gasteiger partial charge in [0.2, 0.25) is 0 Å². The van der Waals surface area contributed by atoms with Gasteiger partial charge < -0.3 is 9.47 Å². The summed E-state index contributed by atoms with van der Waals surface area (Å²) in [4.78, 5) is 35.1. The summed E-state index contributed by atoms with van der Waals surface area (Å²) in [5.74, 6) is -0.649. The Morgan fingerprint density at radius 1 is 1.00 bits per heavy atom. The lowest BCUT2D eigenvalue weighted by molar-refractivity contribution is -0.124. The fourth-order valence-corrected chi connectivity index (χ4v) is 1.75. The lowest BCUT2D eigenvalue weighted by Crippen LogP contribution is -2.51. The second-order valence-electron chi connectivity index (χ2n) is 5.86. The van der Waals surface area contributed by atoms with Gasteiger partial charge in [0.1, 0.15) is 11.6 Å². The molecule has 3 amide bonds. The van der Waals surface area contributed by atoms with Crippen molar-refractivity contribution in [3.05, 3.63) is 34.9 Å². The average Bonchev–Trinajstić information content (AvgIpc) is 2.52. The molecular formula is C15H21ClN4O5. The molecule has 10 heteroatoms. The normalized spacial score (nSPS) is 11.9. The molecule has 0 aliphatic heterocycles. The molecule has 0 aromatic heterocycles. The van der Waals surface area contributed by atoms with E-state index in [1.807, 2.05) is 5.43 Å². The SMILES string of the molecule is COC(=O)NNC(=O)C(NNC(=O)OC(C)(C)C)c1ccc(Cl)cc1. The maximum absolute atomic E-state index is 12.3. The first-order valence-corrected chi connectivity index (χ1v) is 7.64. The summed E-state index contributed by atoms with van der Waals surface area (Å²) in [5, 5.41) is 0.482. The van der Waals surface area contributed by atoms with Crippen LogP contribution in [-0.2, 0) is 14.3 Å². The van der Waals surface area contributed by atoms with Crippen LogP contribution in [0.1, 0.15) is 32.4 Å². The molecule has 0 bridgehead atoms. The highest BCUT2D eigenvalue weighted by atomic mass is 35.5. The Balaban J connectivity index is 2.81. The molecule has 0 spiro atoms. The summed E-state index contributed by atoms with van der Waals surface area (Å²) in [6.07, 6.45) is -1.61. The highest BCUT2D eigenvalue weighted by molar-refractivity contribution is 6.30. The van der Waals surface area contributed by atoms with Crippen molar-refractivity contribution in [1.82, 2.24) is 21.7 Å². The maximum Gasteiger partial charge on any atom is 0.425 e. The van der Waals surface area contributed by atoms with E-state index in [4.69, 9.17) is 16.3 Å². The number of methoxy groups -OCH3 is 1. The van der Waals surface area contributed by atoms with E-state index in [1.165, 1.54) is 0 Å². The minimum atomic E-state index is -1.03. The summed E-state index contributed by atoms with van der Waals surface area (Å²) in [6, 6.07) is 5.32. The molecule has 1 unspecified atom stereocenters. The van der Waals surface area contributed by atoms with Gasteiger partial charge >= 0.3 is 12.2 Å². The van der Waals surface area contributed by atoms with Gasteiger partial charge in [-0.25, -0.2) is 20.4 Å². The number of ether oxygens (including phenoxy) is 2. The zero-order valence-corrected chi connectivity index (χ0v) is 15.1. The minimum Gasteiger partial charge on any atom is -0.452 e. The topological polar surface area (TPSA) is 118 Å². The van der Waals surface area contributed by atoms with Gasteiger partial charge in [0, 0.05) is 5.02 Å². The first-order chi connectivity index (χ1) is 11.6. The number of carbonyl (C=O) groups is 3. The van der Waals surface area contributed by atoms with Crippen molar-refractivity contribution in [2.75, 3.05) is 7.11 Å². The molecule has 0 radical (unpaired) electrons. The Hall–Kier alpha value is -2.52. The van der Waals surface area contributed by atoms with Gasteiger partial charge in [0.05, 0.1) is 7.11 Å². The Bertz CT molecular complexity index is 615. The van der Waals surface area contributed by atoms with E-state index in [-0.39, 0.29) is 0 Å². The van der Waals surface area contributed by atoms with E-state index in [9.17, 15) is 14.4 Å². The van der Waals surface area contributed by atoms with Gasteiger partial charge in [-0.1, -0.05) is 23.7 Å². The van der Waals surface area contributed by atoms with E-state index in [0.29, 0.717) is 10.6 Å². The standard InChI is InChI=1S/C15H21ClN4O5/c1-15(2,3)25-14(23)20-17-11(9-5-7-10(16)8-6-9)12(21)18-19-13(22)24-4/h5-8,11,17H,1-4H3,(H,18,21)(H,19,22)(H,20,23). The summed E-state index contributed by atoms with van der Waals surface area (Å²) < 4.78 is 9.45. The summed E-state index contributed by atoms with van der Waals surface area (Å²) in [6.45, 7) is 5.11. The van der Waals surface area contributed by atoms with Crippen molar-refractivity contribution in [2.24, 2.45) is 0 Å². The fourth-order valence-electron chi connectivity index (χ4n) is 1.63. The molecule has 0 saturated heterocycles. The number of nitrogens with one attached hydrogen (secondary N) is 4. The summed E-state index contributed by atoms with van der Waals surface area (Å²) >= 11 is 5.83. The van der Waals surface area contributed by atoms with Gasteiger partial charge in [0.25, 0.3) is 5.91 Å². The van der Waals surface area contributed by atoms with Crippen LogP contribution in [0.3, 0.4) is 0 Å². The molecule has 1 rings (SSSR count). The predicted octanol–water partition coefficient (Wildman–Crippen LogP) is 1.80. The number of halogens is 1. The second kappa shape index (κ2) is 9.09. The zero-order valence-electron chi connectivity index (χ0n) is 14.3. The number of carbonyl (C=O) groups excluding carboxylic acids is 3. The average molecular weight is 373 g/mol. The van der Waals surface area contributed by atoms with Gasteiger partial charge in [-0.15, -0.1) is 0 Å². The lowest BCUT2D eigenvalue weighted by atomic mass is 10.1. The number of hydrogen-bond donors (Lipinski definition) is 4. The molecule has 0 fully saturated rings. The number of hydrazine groups is 2. The Morgan fingerprint density at radius 3 is 2.12 bits per heavy atom. The maximum atomic E-state index is 12.3. The molecule has 1 atom stereocenters. The van der Waals surface area contributed by atoms with Crippen molar-refractivity contribution in [3.8, 4) is 0 Å². The molecule has 1 aromatic carbocycles. The smallest absolute Gasteiger partial charge is 0.425 e. The molecular weight excluding hydrogens is 352 g/mol. The summed E-state index contributed by atoms with van der Waals surface area (Å²) in [5.41, 5.74) is 8.84. The molecule has 4 N–H and O–H groups in total. The van der Waals surface area contributed by atoms with Crippen molar-refractivity contribution in [2.45, 2.75) is 32.4 Å². The zero-order chi connectivity index (χ0) is 19.0. The van der Waals surface area contributed by atoms with Crippen molar-refractivity contribution >= 4 is 29.7 Å². The van der Waals surface area contributed by atoms with Crippen LogP contribution in [0.15, 0.2) is 24.3 Å². The molecule has 1 aromatic rings. The quantitative estimate of drug-likeness (QED) is 0.598. The first-order valence-electron chi connectivity index (χ1n) is 7.26. The van der Waals surface area contributed by atoms with E-state index in [1.54, 1.807) is 45.0 Å². The highest BCUT2D eigenvalue weighted by Crippen LogP contribution is 2.16. The molecule has 0 saturated carbocycles. The Kier molecular flexibility index (Phi) is 7.46. The van der Waals surface area contributed by atoms with E-state index in [0.717, 1.165) is 7.11 Å². The van der Waals surface area contributed by atoms with Gasteiger partial charge in [-0.05, 0) is 38.5 Å². The Morgan fingerprint density at radius 2 is 1.60 bits per heavy atom. The van der Waals surface area contributed by atoms with Crippen LogP contribution in [-0.4, -0.2) is 30.8 Å². The van der Waals surface area contributed by atoms with Crippen LogP contribution in [0.4, 0.5) is 9.59 Å². The van der Waals surface area contributed by atoms with E-state index >= 15 is 0 Å². The molecule has 0 heterocycles. The molecule has 0 aliphatic rings. The van der Waals surface area contributed by atoms with Crippen LogP contribution in [0.25, 0.3) is 0 Å². The van der Waals surface area contributed by atoms with Crippen molar-refractivity contribution in [3.63, 3.8) is 0 Å². The second-order valence-corrected chi connectivity index (χ2v) is 6.30. The largest absolute Gasteiger partial charge is 0.452 e. The summed E-state index contributed by atoms with van der Waals surface area (Å²) in [7, 11) is 1.15. The molecule has 9 nitrogen and oxygen atoms in total. The number of rotatable bonds is 4. The Labute approximate surface area is 150 Å². The third-order valence-electron chi connectivity index (χ3n) is 2.66. The fraction of sp³-hybridized carbons (Fsp3) is 0.400. The third-order valence-corrected chi connectivity index (χ3v) is 2.91. The highest BCUT2D eigenvalue weighted by Gasteiger charge is 2.23. The number of amides is 3. The number of hydrogen-bond acceptors (Lipinski definition) is 6. The molecule has 25 heavy (non-hydrogen) atoms. The van der Waals surface area contributed by atoms with Gasteiger partial charge in [0.15, 0.2) is 0 Å². The monoisotopic (exact) mass is 372 g/mol. The molecule has 138 valence electrons. The molecule has 0 aliphatic carbocycles. The van der Waals surface area contributed by atoms with Crippen molar-refractivity contribution < 1.29 is 23.9 Å². The van der Waals surface area contributed by atoms with Gasteiger partial charge in [-0.2, -0.15) is 0 Å². The number of benzene rings is 1. The van der Waals surface area contributed by atoms with Crippen LogP contribution < -0.4 is 21.7 Å². The van der Waals surface area contributed by atoms with Crippen LogP contribution in [0.2, 0.25) is 5.02 Å². The van der Waals surface area contributed by atoms with E-state index in [2.05, 4.69) is 21.0 Å². The predicted molar refractivity (Wildman–Crippen MR) is 90.4 cm³/mol. The first kappa shape index (κ1) is 20.5. The van der Waals surface area contributed by atoms with Gasteiger partial charge in [-0.3, -0.25) is 15.6 Å².